The van der Waals surface area contributed by atoms with Gasteiger partial charge in [0.1, 0.15) is 0 Å². The normalized spacial score (nSPS) is 12.8. The molecule has 0 aliphatic carbocycles. The van der Waals surface area contributed by atoms with Crippen molar-refractivity contribution in [3.63, 3.8) is 0 Å². The van der Waals surface area contributed by atoms with Crippen LogP contribution in [0.25, 0.3) is 0 Å². The van der Waals surface area contributed by atoms with Crippen molar-refractivity contribution in [3.8, 4) is 0 Å². The van der Waals surface area contributed by atoms with Crippen molar-refractivity contribution in [2.24, 2.45) is 0 Å². The van der Waals surface area contributed by atoms with E-state index in [-0.39, 0.29) is 18.5 Å². The van der Waals surface area contributed by atoms with Crippen LogP contribution in [0.5, 0.6) is 0 Å². The van der Waals surface area contributed by atoms with Crippen molar-refractivity contribution in [2.45, 2.75) is 276 Å². The number of aliphatic hydroxyl groups excluding tert-OH is 2. The molecule has 336 valence electrons. The standard InChI is InChI=1S/C51H97NO5/c1-3-5-7-9-11-13-15-17-19-20-21-23-27-31-35-39-43-49(54)48(47-53)52-50(55)44-40-36-32-28-25-26-30-34-38-42-46-57-51(56)45-41-37-33-29-24-22-18-16-14-12-10-8-6-4-2/h16,18,26,30,48-49,53-54H,3-15,17,19-25,27-29,31-47H2,1-2H3,(H,52,55)/b18-16-,30-26-. The average molecular weight is 804 g/mol. The highest BCUT2D eigenvalue weighted by Crippen LogP contribution is 2.16. The lowest BCUT2D eigenvalue weighted by Crippen LogP contribution is -2.45. The van der Waals surface area contributed by atoms with Crippen molar-refractivity contribution in [1.82, 2.24) is 5.32 Å². The molecule has 2 unspecified atom stereocenters. The highest BCUT2D eigenvalue weighted by Gasteiger charge is 2.20. The van der Waals surface area contributed by atoms with Gasteiger partial charge in [0.05, 0.1) is 25.4 Å². The number of aliphatic hydroxyl groups is 2. The molecule has 0 rings (SSSR count). The smallest absolute Gasteiger partial charge is 0.305 e. The zero-order chi connectivity index (χ0) is 41.5. The summed E-state index contributed by atoms with van der Waals surface area (Å²) in [6.45, 7) is 4.85. The molecule has 0 heterocycles. The molecule has 0 aromatic heterocycles. The Morgan fingerprint density at radius 2 is 0.825 bits per heavy atom. The van der Waals surface area contributed by atoms with E-state index in [4.69, 9.17) is 4.74 Å². The SMILES string of the molecule is CCCCCCC/C=C\CCCCCCCC(=O)OCCCC/C=C\CCCCCCC(=O)NC(CO)C(O)CCCCCCCCCCCCCCCCCC. The van der Waals surface area contributed by atoms with E-state index in [1.807, 2.05) is 0 Å². The summed E-state index contributed by atoms with van der Waals surface area (Å²) in [5, 5.41) is 23.2. The minimum atomic E-state index is -0.686. The molecule has 0 spiro atoms. The number of amides is 1. The number of nitrogens with one attached hydrogen (secondary N) is 1. The van der Waals surface area contributed by atoms with Crippen LogP contribution in [0.2, 0.25) is 0 Å². The van der Waals surface area contributed by atoms with Gasteiger partial charge in [-0.05, 0) is 77.0 Å². The summed E-state index contributed by atoms with van der Waals surface area (Å²) < 4.78 is 5.42. The third-order valence-electron chi connectivity index (χ3n) is 11.5. The van der Waals surface area contributed by atoms with Crippen molar-refractivity contribution >= 4 is 11.9 Å². The lowest BCUT2D eigenvalue weighted by Gasteiger charge is -2.22. The molecule has 0 saturated heterocycles. The number of carbonyl (C=O) groups is 2. The Hall–Kier alpha value is -1.66. The van der Waals surface area contributed by atoms with Crippen LogP contribution in [0.3, 0.4) is 0 Å². The summed E-state index contributed by atoms with van der Waals surface area (Å²) in [4.78, 5) is 24.4. The molecule has 0 fully saturated rings. The van der Waals surface area contributed by atoms with Crippen LogP contribution in [0.1, 0.15) is 264 Å². The van der Waals surface area contributed by atoms with E-state index in [9.17, 15) is 19.8 Å². The predicted octanol–water partition coefficient (Wildman–Crippen LogP) is 14.7. The molecular formula is C51H97NO5. The van der Waals surface area contributed by atoms with Crippen LogP contribution in [0, 0.1) is 0 Å². The van der Waals surface area contributed by atoms with E-state index in [2.05, 4.69) is 43.5 Å². The Kier molecular flexibility index (Phi) is 45.7. The van der Waals surface area contributed by atoms with Crippen molar-refractivity contribution in [2.75, 3.05) is 13.2 Å². The topological polar surface area (TPSA) is 95.9 Å². The van der Waals surface area contributed by atoms with Crippen molar-refractivity contribution in [1.29, 1.82) is 0 Å². The minimum Gasteiger partial charge on any atom is -0.466 e. The van der Waals surface area contributed by atoms with E-state index in [0.717, 1.165) is 77.0 Å². The summed E-state index contributed by atoms with van der Waals surface area (Å²) in [7, 11) is 0. The van der Waals surface area contributed by atoms with Crippen LogP contribution in [0.4, 0.5) is 0 Å². The highest BCUT2D eigenvalue weighted by atomic mass is 16.5. The molecule has 0 saturated carbocycles. The molecular weight excluding hydrogens is 707 g/mol. The monoisotopic (exact) mass is 804 g/mol. The van der Waals surface area contributed by atoms with Crippen LogP contribution in [-0.2, 0) is 14.3 Å². The second kappa shape index (κ2) is 47.0. The fourth-order valence-electron chi connectivity index (χ4n) is 7.57. The summed E-state index contributed by atoms with van der Waals surface area (Å²) in [5.41, 5.74) is 0. The maximum Gasteiger partial charge on any atom is 0.305 e. The van der Waals surface area contributed by atoms with Crippen LogP contribution < -0.4 is 5.32 Å². The van der Waals surface area contributed by atoms with Gasteiger partial charge >= 0.3 is 5.97 Å². The van der Waals surface area contributed by atoms with Crippen LogP contribution in [-0.4, -0.2) is 47.4 Å². The number of rotatable bonds is 46. The van der Waals surface area contributed by atoms with Crippen molar-refractivity contribution < 1.29 is 24.5 Å². The molecule has 3 N–H and O–H groups in total. The van der Waals surface area contributed by atoms with E-state index in [1.165, 1.54) is 154 Å². The molecule has 0 aromatic rings. The Balaban J connectivity index is 3.54. The van der Waals surface area contributed by atoms with Crippen LogP contribution >= 0.6 is 0 Å². The lowest BCUT2D eigenvalue weighted by molar-refractivity contribution is -0.143. The fourth-order valence-corrected chi connectivity index (χ4v) is 7.57. The van der Waals surface area contributed by atoms with Gasteiger partial charge < -0.3 is 20.3 Å². The lowest BCUT2D eigenvalue weighted by atomic mass is 10.0. The van der Waals surface area contributed by atoms with Gasteiger partial charge in [-0.2, -0.15) is 0 Å². The minimum absolute atomic E-state index is 0.0450. The molecule has 6 heteroatoms. The number of carbonyl (C=O) groups excluding carboxylic acids is 2. The molecule has 0 bridgehead atoms. The molecule has 0 aromatic carbocycles. The fraction of sp³-hybridized carbons (Fsp3) is 0.882. The maximum atomic E-state index is 12.4. The summed E-state index contributed by atoms with van der Waals surface area (Å²) in [6.07, 6.45) is 54.3. The second-order valence-electron chi connectivity index (χ2n) is 17.1. The Morgan fingerprint density at radius 1 is 0.474 bits per heavy atom. The van der Waals surface area contributed by atoms with Gasteiger partial charge in [0.25, 0.3) is 0 Å². The number of unbranched alkanes of at least 4 members (excludes halogenated alkanes) is 31. The van der Waals surface area contributed by atoms with Gasteiger partial charge in [-0.25, -0.2) is 0 Å². The van der Waals surface area contributed by atoms with Gasteiger partial charge in [0.2, 0.25) is 5.91 Å². The maximum absolute atomic E-state index is 12.4. The molecule has 2 atom stereocenters. The highest BCUT2D eigenvalue weighted by molar-refractivity contribution is 5.76. The van der Waals surface area contributed by atoms with Gasteiger partial charge in [-0.15, -0.1) is 0 Å². The first-order valence-corrected chi connectivity index (χ1v) is 25.1. The van der Waals surface area contributed by atoms with Gasteiger partial charge in [-0.3, -0.25) is 9.59 Å². The summed E-state index contributed by atoms with van der Waals surface area (Å²) in [6, 6.07) is -0.567. The van der Waals surface area contributed by atoms with Crippen LogP contribution in [0.15, 0.2) is 24.3 Å². The second-order valence-corrected chi connectivity index (χ2v) is 17.1. The van der Waals surface area contributed by atoms with Crippen molar-refractivity contribution in [3.05, 3.63) is 24.3 Å². The summed E-state index contributed by atoms with van der Waals surface area (Å²) in [5.74, 6) is -0.116. The quantitative estimate of drug-likeness (QED) is 0.0324. The molecule has 0 aliphatic rings. The number of esters is 1. The summed E-state index contributed by atoms with van der Waals surface area (Å²) >= 11 is 0. The van der Waals surface area contributed by atoms with E-state index >= 15 is 0 Å². The molecule has 1 amide bonds. The first-order chi connectivity index (χ1) is 28.0. The molecule has 6 nitrogen and oxygen atoms in total. The number of hydrogen-bond acceptors (Lipinski definition) is 5. The zero-order valence-electron chi connectivity index (χ0n) is 38.1. The Bertz CT molecular complexity index is 889. The number of ether oxygens (including phenoxy) is 1. The molecule has 0 radical (unpaired) electrons. The third kappa shape index (κ3) is 43.7. The van der Waals surface area contributed by atoms with E-state index in [0.29, 0.717) is 25.9 Å². The Morgan fingerprint density at radius 3 is 1.25 bits per heavy atom. The molecule has 0 aliphatic heterocycles. The van der Waals surface area contributed by atoms with E-state index in [1.54, 1.807) is 0 Å². The number of hydrogen-bond donors (Lipinski definition) is 3. The number of allylic oxidation sites excluding steroid dienone is 4. The van der Waals surface area contributed by atoms with E-state index < -0.39 is 12.1 Å². The van der Waals surface area contributed by atoms with Gasteiger partial charge in [0, 0.05) is 12.8 Å². The average Bonchev–Trinajstić information content (AvgIpc) is 3.21. The first-order valence-electron chi connectivity index (χ1n) is 25.1. The van der Waals surface area contributed by atoms with Gasteiger partial charge in [-0.1, -0.05) is 199 Å². The largest absolute Gasteiger partial charge is 0.466 e. The third-order valence-corrected chi connectivity index (χ3v) is 11.5. The zero-order valence-corrected chi connectivity index (χ0v) is 38.1. The Labute approximate surface area is 354 Å². The first kappa shape index (κ1) is 55.3. The predicted molar refractivity (Wildman–Crippen MR) is 246 cm³/mol. The van der Waals surface area contributed by atoms with Gasteiger partial charge in [0.15, 0.2) is 0 Å². The molecule has 57 heavy (non-hydrogen) atoms.